The Balaban J connectivity index is 2.57. The maximum Gasteiger partial charge on any atom is 0.279 e. The van der Waals surface area contributed by atoms with Gasteiger partial charge >= 0.3 is 0 Å². The van der Waals surface area contributed by atoms with E-state index in [2.05, 4.69) is 10.0 Å². The number of carbonyl (C=O) groups is 1. The molecule has 0 atom stereocenters. The molecule has 1 aliphatic rings. The van der Waals surface area contributed by atoms with Crippen LogP contribution < -0.4 is 10.0 Å². The molecule has 1 fully saturated rings. The maximum absolute atomic E-state index is 12.2. The van der Waals surface area contributed by atoms with Crippen molar-refractivity contribution in [1.29, 1.82) is 0 Å². The van der Waals surface area contributed by atoms with Crippen LogP contribution in [0.4, 0.5) is 0 Å². The van der Waals surface area contributed by atoms with E-state index in [9.17, 15) is 13.2 Å². The molecule has 19 heavy (non-hydrogen) atoms. The Labute approximate surface area is 116 Å². The van der Waals surface area contributed by atoms with Crippen LogP contribution in [0.25, 0.3) is 0 Å². The zero-order chi connectivity index (χ0) is 14.5. The lowest BCUT2D eigenvalue weighted by Crippen LogP contribution is -2.51. The van der Waals surface area contributed by atoms with E-state index in [4.69, 9.17) is 0 Å². The molecule has 1 amide bonds. The number of carbonyl (C=O) groups excluding carboxylic acids is 1. The van der Waals surface area contributed by atoms with Crippen molar-refractivity contribution < 1.29 is 13.2 Å². The molecule has 0 saturated carbocycles. The number of piperidine rings is 1. The highest BCUT2D eigenvalue weighted by Gasteiger charge is 2.30. The van der Waals surface area contributed by atoms with Gasteiger partial charge in [-0.25, -0.2) is 0 Å². The Hall–Kier alpha value is -0.660. The summed E-state index contributed by atoms with van der Waals surface area (Å²) in [5, 5.41) is 2.54. The standard InChI is InChI=1S/C12H25N3O3S/c1-12(2,8-7-11(16)13-3)14-19(17,18)15-9-5-4-6-10-15/h14H,4-10H2,1-3H3,(H,13,16). The molecule has 7 heteroatoms. The number of amides is 1. The molecule has 1 aliphatic heterocycles. The number of nitrogens with one attached hydrogen (secondary N) is 2. The van der Waals surface area contributed by atoms with Crippen LogP contribution in [0.1, 0.15) is 46.0 Å². The summed E-state index contributed by atoms with van der Waals surface area (Å²) in [5.41, 5.74) is -0.622. The van der Waals surface area contributed by atoms with Gasteiger partial charge in [0.25, 0.3) is 10.2 Å². The summed E-state index contributed by atoms with van der Waals surface area (Å²) in [6, 6.07) is 0. The van der Waals surface area contributed by atoms with Gasteiger partial charge in [-0.3, -0.25) is 4.79 Å². The van der Waals surface area contributed by atoms with Crippen molar-refractivity contribution >= 4 is 16.1 Å². The summed E-state index contributed by atoms with van der Waals surface area (Å²) in [4.78, 5) is 11.2. The van der Waals surface area contributed by atoms with Crippen molar-refractivity contribution in [1.82, 2.24) is 14.3 Å². The van der Waals surface area contributed by atoms with Crippen LogP contribution in [-0.4, -0.2) is 44.3 Å². The van der Waals surface area contributed by atoms with Crippen LogP contribution in [0.3, 0.4) is 0 Å². The van der Waals surface area contributed by atoms with Crippen molar-refractivity contribution in [3.63, 3.8) is 0 Å². The number of nitrogens with zero attached hydrogens (tertiary/aromatic N) is 1. The van der Waals surface area contributed by atoms with Crippen LogP contribution in [0, 0.1) is 0 Å². The average Bonchev–Trinajstić information content (AvgIpc) is 2.36. The highest BCUT2D eigenvalue weighted by molar-refractivity contribution is 7.87. The lowest BCUT2D eigenvalue weighted by Gasteiger charge is -2.32. The second kappa shape index (κ2) is 6.67. The first-order valence-electron chi connectivity index (χ1n) is 6.76. The van der Waals surface area contributed by atoms with Gasteiger partial charge in [0.05, 0.1) is 0 Å². The summed E-state index contributed by atoms with van der Waals surface area (Å²) >= 11 is 0. The number of rotatable bonds is 6. The lowest BCUT2D eigenvalue weighted by molar-refractivity contribution is -0.120. The topological polar surface area (TPSA) is 78.5 Å². The summed E-state index contributed by atoms with van der Waals surface area (Å²) in [5.74, 6) is -0.0785. The van der Waals surface area contributed by atoms with Gasteiger partial charge < -0.3 is 5.32 Å². The van der Waals surface area contributed by atoms with Gasteiger partial charge in [0, 0.05) is 32.1 Å². The first-order chi connectivity index (χ1) is 8.77. The van der Waals surface area contributed by atoms with E-state index in [1.807, 2.05) is 0 Å². The van der Waals surface area contributed by atoms with Crippen LogP contribution in [0.15, 0.2) is 0 Å². The van der Waals surface area contributed by atoms with E-state index >= 15 is 0 Å². The molecule has 0 aromatic heterocycles. The van der Waals surface area contributed by atoms with E-state index in [-0.39, 0.29) is 5.91 Å². The number of hydrogen-bond acceptors (Lipinski definition) is 3. The molecule has 0 aromatic rings. The predicted molar refractivity (Wildman–Crippen MR) is 74.9 cm³/mol. The van der Waals surface area contributed by atoms with Crippen molar-refractivity contribution in [2.45, 2.75) is 51.5 Å². The van der Waals surface area contributed by atoms with Gasteiger partial charge in [0.15, 0.2) is 0 Å². The molecule has 0 aliphatic carbocycles. The van der Waals surface area contributed by atoms with E-state index < -0.39 is 15.7 Å². The van der Waals surface area contributed by atoms with Crippen LogP contribution >= 0.6 is 0 Å². The molecule has 1 heterocycles. The van der Waals surface area contributed by atoms with Crippen molar-refractivity contribution in [3.05, 3.63) is 0 Å². The Morgan fingerprint density at radius 2 is 1.79 bits per heavy atom. The Morgan fingerprint density at radius 3 is 2.32 bits per heavy atom. The third-order valence-electron chi connectivity index (χ3n) is 3.32. The van der Waals surface area contributed by atoms with Gasteiger partial charge in [-0.2, -0.15) is 17.4 Å². The van der Waals surface area contributed by atoms with Gasteiger partial charge in [-0.05, 0) is 33.1 Å². The summed E-state index contributed by atoms with van der Waals surface area (Å²) in [6.07, 6.45) is 3.71. The molecular weight excluding hydrogens is 266 g/mol. The SMILES string of the molecule is CNC(=O)CCC(C)(C)NS(=O)(=O)N1CCCCC1. The van der Waals surface area contributed by atoms with Gasteiger partial charge in [0.1, 0.15) is 0 Å². The molecule has 2 N–H and O–H groups in total. The molecule has 6 nitrogen and oxygen atoms in total. The Morgan fingerprint density at radius 1 is 1.21 bits per heavy atom. The van der Waals surface area contributed by atoms with Crippen molar-refractivity contribution in [2.24, 2.45) is 0 Å². The minimum atomic E-state index is -3.44. The van der Waals surface area contributed by atoms with Gasteiger partial charge in [-0.1, -0.05) is 6.42 Å². The normalized spacial score (nSPS) is 18.3. The molecular formula is C12H25N3O3S. The minimum absolute atomic E-state index is 0.0785. The third-order valence-corrected chi connectivity index (χ3v) is 5.17. The lowest BCUT2D eigenvalue weighted by atomic mass is 10.00. The highest BCUT2D eigenvalue weighted by atomic mass is 32.2. The molecule has 1 rings (SSSR count). The fourth-order valence-electron chi connectivity index (χ4n) is 2.12. The van der Waals surface area contributed by atoms with E-state index in [0.717, 1.165) is 19.3 Å². The van der Waals surface area contributed by atoms with Crippen molar-refractivity contribution in [3.8, 4) is 0 Å². The molecule has 0 spiro atoms. The zero-order valence-electron chi connectivity index (χ0n) is 12.0. The van der Waals surface area contributed by atoms with Crippen LogP contribution in [-0.2, 0) is 15.0 Å². The molecule has 1 saturated heterocycles. The summed E-state index contributed by atoms with van der Waals surface area (Å²) in [7, 11) is -1.87. The fraction of sp³-hybridized carbons (Fsp3) is 0.917. The Bertz CT molecular complexity index is 400. The van der Waals surface area contributed by atoms with E-state index in [1.54, 1.807) is 20.9 Å². The summed E-state index contributed by atoms with van der Waals surface area (Å²) in [6.45, 7) is 4.77. The number of hydrogen-bond donors (Lipinski definition) is 2. The van der Waals surface area contributed by atoms with E-state index in [0.29, 0.717) is 25.9 Å². The van der Waals surface area contributed by atoms with Crippen molar-refractivity contribution in [2.75, 3.05) is 20.1 Å². The van der Waals surface area contributed by atoms with Crippen LogP contribution in [0.5, 0.6) is 0 Å². The van der Waals surface area contributed by atoms with Gasteiger partial charge in [0.2, 0.25) is 5.91 Å². The Kier molecular flexibility index (Phi) is 5.76. The second-order valence-corrected chi connectivity index (χ2v) is 7.29. The monoisotopic (exact) mass is 291 g/mol. The van der Waals surface area contributed by atoms with Crippen LogP contribution in [0.2, 0.25) is 0 Å². The summed E-state index contributed by atoms with van der Waals surface area (Å²) < 4.78 is 28.7. The first-order valence-corrected chi connectivity index (χ1v) is 8.20. The predicted octanol–water partition coefficient (Wildman–Crippen LogP) is 0.612. The van der Waals surface area contributed by atoms with E-state index in [1.165, 1.54) is 4.31 Å². The highest BCUT2D eigenvalue weighted by Crippen LogP contribution is 2.17. The largest absolute Gasteiger partial charge is 0.359 e. The average molecular weight is 291 g/mol. The third kappa shape index (κ3) is 5.46. The molecule has 0 bridgehead atoms. The molecule has 0 aromatic carbocycles. The molecule has 0 radical (unpaired) electrons. The van der Waals surface area contributed by atoms with Gasteiger partial charge in [-0.15, -0.1) is 0 Å². The minimum Gasteiger partial charge on any atom is -0.359 e. The quantitative estimate of drug-likeness (QED) is 0.752. The molecule has 0 unspecified atom stereocenters. The first kappa shape index (κ1) is 16.4. The maximum atomic E-state index is 12.2. The fourth-order valence-corrected chi connectivity index (χ4v) is 3.79. The zero-order valence-corrected chi connectivity index (χ0v) is 12.8. The second-order valence-electron chi connectivity index (χ2n) is 5.62. The smallest absolute Gasteiger partial charge is 0.279 e. The molecule has 112 valence electrons.